The van der Waals surface area contributed by atoms with Gasteiger partial charge in [-0.1, -0.05) is 43.7 Å². The Morgan fingerprint density at radius 3 is 2.43 bits per heavy atom. The summed E-state index contributed by atoms with van der Waals surface area (Å²) in [5.74, 6) is -0.940. The van der Waals surface area contributed by atoms with Crippen molar-refractivity contribution in [3.05, 3.63) is 47.7 Å². The second kappa shape index (κ2) is 6.89. The molecule has 0 saturated carbocycles. The number of ether oxygens (including phenoxy) is 1. The fourth-order valence-electron chi connectivity index (χ4n) is 2.37. The lowest BCUT2D eigenvalue weighted by Gasteiger charge is -2.11. The van der Waals surface area contributed by atoms with E-state index in [1.165, 1.54) is 11.6 Å². The van der Waals surface area contributed by atoms with Crippen LogP contribution in [0.1, 0.15) is 35.7 Å². The van der Waals surface area contributed by atoms with Gasteiger partial charge in [0.15, 0.2) is 0 Å². The summed E-state index contributed by atoms with van der Waals surface area (Å²) >= 11 is 0. The average Bonchev–Trinajstić information content (AvgIpc) is 2.86. The Kier molecular flexibility index (Phi) is 5.13. The number of nitrogens with zero attached hydrogens (tertiary/aromatic N) is 1. The van der Waals surface area contributed by atoms with Crippen molar-refractivity contribution < 1.29 is 22.7 Å². The van der Waals surface area contributed by atoms with Crippen LogP contribution in [-0.2, 0) is 18.0 Å². The lowest BCUT2D eigenvalue weighted by Crippen LogP contribution is -2.14. The molecule has 124 valence electrons. The van der Waals surface area contributed by atoms with Gasteiger partial charge in [0, 0.05) is 13.2 Å². The van der Waals surface area contributed by atoms with Gasteiger partial charge in [0.05, 0.1) is 23.4 Å². The first-order chi connectivity index (χ1) is 10.9. The molecule has 0 aliphatic carbocycles. The van der Waals surface area contributed by atoms with Crippen LogP contribution in [0, 0.1) is 0 Å². The molecular formula is C17H18F3NO2. The van der Waals surface area contributed by atoms with Crippen LogP contribution in [0.25, 0.3) is 11.3 Å². The maximum atomic E-state index is 13.3. The molecule has 0 unspecified atom stereocenters. The number of hydrogen-bond donors (Lipinski definition) is 0. The number of carbonyl (C=O) groups excluding carboxylic acids is 1. The van der Waals surface area contributed by atoms with Crippen molar-refractivity contribution in [2.75, 3.05) is 6.61 Å². The van der Waals surface area contributed by atoms with Crippen LogP contribution in [0.3, 0.4) is 0 Å². The van der Waals surface area contributed by atoms with Crippen LogP contribution in [0.4, 0.5) is 13.2 Å². The maximum Gasteiger partial charge on any atom is 0.418 e. The third kappa shape index (κ3) is 3.75. The quantitative estimate of drug-likeness (QED) is 0.591. The molecule has 1 aromatic heterocycles. The van der Waals surface area contributed by atoms with Gasteiger partial charge < -0.3 is 9.30 Å². The third-order valence-corrected chi connectivity index (χ3v) is 3.47. The first-order valence-electron chi connectivity index (χ1n) is 7.35. The van der Waals surface area contributed by atoms with E-state index in [9.17, 15) is 18.0 Å². The van der Waals surface area contributed by atoms with E-state index >= 15 is 0 Å². The van der Waals surface area contributed by atoms with E-state index in [0.29, 0.717) is 12.0 Å². The molecule has 23 heavy (non-hydrogen) atoms. The van der Waals surface area contributed by atoms with Crippen molar-refractivity contribution in [1.29, 1.82) is 0 Å². The summed E-state index contributed by atoms with van der Waals surface area (Å²) in [6, 6.07) is 8.51. The summed E-state index contributed by atoms with van der Waals surface area (Å²) in [4.78, 5) is 12.3. The van der Waals surface area contributed by atoms with Crippen LogP contribution >= 0.6 is 0 Å². The molecule has 1 heterocycles. The smallest absolute Gasteiger partial charge is 0.418 e. The highest BCUT2D eigenvalue weighted by Crippen LogP contribution is 2.38. The first-order valence-corrected chi connectivity index (χ1v) is 7.35. The molecule has 0 N–H and O–H groups in total. The molecule has 0 aliphatic heterocycles. The summed E-state index contributed by atoms with van der Waals surface area (Å²) in [6.45, 7) is 2.02. The number of unbranched alkanes of at least 4 members (excludes halogenated alkanes) is 1. The van der Waals surface area contributed by atoms with Gasteiger partial charge in [-0.25, -0.2) is 4.79 Å². The van der Waals surface area contributed by atoms with Crippen molar-refractivity contribution in [3.8, 4) is 11.3 Å². The number of carbonyl (C=O) groups is 1. The molecule has 0 fully saturated rings. The molecule has 0 saturated heterocycles. The topological polar surface area (TPSA) is 31.2 Å². The Labute approximate surface area is 132 Å². The van der Waals surface area contributed by atoms with Crippen LogP contribution in [0.5, 0.6) is 0 Å². The molecule has 0 atom stereocenters. The first kappa shape index (κ1) is 17.1. The van der Waals surface area contributed by atoms with Gasteiger partial charge in [-0.15, -0.1) is 0 Å². The Hall–Kier alpha value is -2.24. The molecule has 0 aliphatic rings. The van der Waals surface area contributed by atoms with Crippen LogP contribution in [0.15, 0.2) is 36.5 Å². The number of benzene rings is 1. The maximum absolute atomic E-state index is 13.3. The number of halogens is 3. The second-order valence-electron chi connectivity index (χ2n) is 5.23. The Morgan fingerprint density at radius 1 is 1.22 bits per heavy atom. The van der Waals surface area contributed by atoms with Crippen LogP contribution < -0.4 is 0 Å². The van der Waals surface area contributed by atoms with Gasteiger partial charge in [0.1, 0.15) is 0 Å². The third-order valence-electron chi connectivity index (χ3n) is 3.47. The van der Waals surface area contributed by atoms with Crippen molar-refractivity contribution in [3.63, 3.8) is 0 Å². The molecule has 0 bridgehead atoms. The van der Waals surface area contributed by atoms with E-state index in [2.05, 4.69) is 0 Å². The van der Waals surface area contributed by atoms with Crippen molar-refractivity contribution >= 4 is 5.97 Å². The van der Waals surface area contributed by atoms with Crippen LogP contribution in [0.2, 0.25) is 0 Å². The summed E-state index contributed by atoms with van der Waals surface area (Å²) in [5, 5.41) is 0. The standard InChI is InChI=1S/C17H18F3NO2/c1-3-4-10-23-16(22)14-13(17(18,19)20)11-21(2)15(14)12-8-6-5-7-9-12/h5-9,11H,3-4,10H2,1-2H3. The molecule has 2 rings (SSSR count). The fraction of sp³-hybridized carbons (Fsp3) is 0.353. The summed E-state index contributed by atoms with van der Waals surface area (Å²) in [7, 11) is 1.49. The monoisotopic (exact) mass is 325 g/mol. The minimum absolute atomic E-state index is 0.107. The molecule has 0 spiro atoms. The minimum Gasteiger partial charge on any atom is -0.462 e. The zero-order chi connectivity index (χ0) is 17.0. The van der Waals surface area contributed by atoms with Gasteiger partial charge in [-0.05, 0) is 12.0 Å². The molecule has 0 amide bonds. The average molecular weight is 325 g/mol. The van der Waals surface area contributed by atoms with Crippen LogP contribution in [-0.4, -0.2) is 17.1 Å². The van der Waals surface area contributed by atoms with E-state index in [4.69, 9.17) is 4.74 Å². The number of rotatable bonds is 5. The number of alkyl halides is 3. The molecule has 3 nitrogen and oxygen atoms in total. The number of hydrogen-bond acceptors (Lipinski definition) is 2. The zero-order valence-corrected chi connectivity index (χ0v) is 13.0. The minimum atomic E-state index is -4.62. The molecule has 0 radical (unpaired) electrons. The van der Waals surface area contributed by atoms with Gasteiger partial charge >= 0.3 is 12.1 Å². The van der Waals surface area contributed by atoms with E-state index < -0.39 is 23.3 Å². The van der Waals surface area contributed by atoms with Gasteiger partial charge in [-0.2, -0.15) is 13.2 Å². The SMILES string of the molecule is CCCCOC(=O)c1c(C(F)(F)F)cn(C)c1-c1ccccc1. The van der Waals surface area contributed by atoms with Gasteiger partial charge in [-0.3, -0.25) is 0 Å². The summed E-state index contributed by atoms with van der Waals surface area (Å²) in [5.41, 5.74) is -0.657. The zero-order valence-electron chi connectivity index (χ0n) is 13.0. The predicted octanol–water partition coefficient (Wildman–Crippen LogP) is 4.67. The number of aryl methyl sites for hydroxylation is 1. The molecule has 6 heteroatoms. The Morgan fingerprint density at radius 2 is 1.87 bits per heavy atom. The largest absolute Gasteiger partial charge is 0.462 e. The van der Waals surface area contributed by atoms with Gasteiger partial charge in [0.2, 0.25) is 0 Å². The Bertz CT molecular complexity index is 675. The fourth-order valence-corrected chi connectivity index (χ4v) is 2.37. The normalized spacial score (nSPS) is 11.5. The lowest BCUT2D eigenvalue weighted by atomic mass is 10.0. The Balaban J connectivity index is 2.54. The molecule has 1 aromatic carbocycles. The van der Waals surface area contributed by atoms with Crippen molar-refractivity contribution in [2.45, 2.75) is 25.9 Å². The van der Waals surface area contributed by atoms with Crippen molar-refractivity contribution in [2.24, 2.45) is 7.05 Å². The molecular weight excluding hydrogens is 307 g/mol. The second-order valence-corrected chi connectivity index (χ2v) is 5.23. The number of aromatic nitrogens is 1. The van der Waals surface area contributed by atoms with E-state index in [0.717, 1.165) is 12.6 Å². The van der Waals surface area contributed by atoms with Gasteiger partial charge in [0.25, 0.3) is 0 Å². The highest BCUT2D eigenvalue weighted by Gasteiger charge is 2.39. The highest BCUT2D eigenvalue weighted by molar-refractivity contribution is 5.98. The summed E-state index contributed by atoms with van der Waals surface area (Å²) in [6.07, 6.45) is -2.29. The van der Waals surface area contributed by atoms with E-state index in [1.807, 2.05) is 6.92 Å². The summed E-state index contributed by atoms with van der Waals surface area (Å²) < 4.78 is 46.2. The number of esters is 1. The highest BCUT2D eigenvalue weighted by atomic mass is 19.4. The molecule has 2 aromatic rings. The van der Waals surface area contributed by atoms with E-state index in [-0.39, 0.29) is 12.3 Å². The van der Waals surface area contributed by atoms with E-state index in [1.54, 1.807) is 30.3 Å². The lowest BCUT2D eigenvalue weighted by molar-refractivity contribution is -0.138. The predicted molar refractivity (Wildman–Crippen MR) is 81.0 cm³/mol. The van der Waals surface area contributed by atoms with Crippen molar-refractivity contribution in [1.82, 2.24) is 4.57 Å².